The van der Waals surface area contributed by atoms with Crippen molar-refractivity contribution in [2.24, 2.45) is 5.92 Å². The summed E-state index contributed by atoms with van der Waals surface area (Å²) in [4.78, 5) is 27.4. The number of nitrogens with one attached hydrogen (secondary N) is 1. The Labute approximate surface area is 159 Å². The van der Waals surface area contributed by atoms with E-state index in [0.717, 1.165) is 36.9 Å². The van der Waals surface area contributed by atoms with Crippen LogP contribution in [0.15, 0.2) is 43.0 Å². The van der Waals surface area contributed by atoms with Gasteiger partial charge in [-0.05, 0) is 42.0 Å². The summed E-state index contributed by atoms with van der Waals surface area (Å²) in [6.45, 7) is 2.08. The Kier molecular flexibility index (Phi) is 5.83. The number of allylic oxidation sites excluding steroid dienone is 2. The van der Waals surface area contributed by atoms with Gasteiger partial charge in [0, 0.05) is 50.3 Å². The summed E-state index contributed by atoms with van der Waals surface area (Å²) in [6.07, 6.45) is 14.1. The molecule has 3 heterocycles. The molecule has 1 aliphatic carbocycles. The van der Waals surface area contributed by atoms with Crippen LogP contribution in [0.25, 0.3) is 0 Å². The molecule has 6 nitrogen and oxygen atoms in total. The van der Waals surface area contributed by atoms with Crippen molar-refractivity contribution in [2.45, 2.75) is 32.4 Å². The Morgan fingerprint density at radius 2 is 1.96 bits per heavy atom. The predicted molar refractivity (Wildman–Crippen MR) is 102 cm³/mol. The molecule has 0 atom stereocenters. The number of halogens is 1. The predicted octanol–water partition coefficient (Wildman–Crippen LogP) is 2.76. The zero-order valence-corrected chi connectivity index (χ0v) is 15.3. The van der Waals surface area contributed by atoms with Gasteiger partial charge in [0.05, 0.1) is 0 Å². The van der Waals surface area contributed by atoms with Crippen LogP contribution in [0.1, 0.15) is 29.5 Å². The molecule has 7 heteroatoms. The number of anilines is 1. The van der Waals surface area contributed by atoms with Crippen LogP contribution in [0, 0.1) is 5.92 Å². The fourth-order valence-corrected chi connectivity index (χ4v) is 3.55. The van der Waals surface area contributed by atoms with Crippen molar-refractivity contribution in [1.82, 2.24) is 19.9 Å². The molecule has 0 saturated heterocycles. The Balaban J connectivity index is 0.00000196. The topological polar surface area (TPSA) is 71.0 Å². The van der Waals surface area contributed by atoms with Crippen LogP contribution in [-0.2, 0) is 24.3 Å². The minimum absolute atomic E-state index is 0. The molecule has 1 N–H and O–H groups in total. The Bertz CT molecular complexity index is 788. The number of aromatic nitrogens is 3. The number of rotatable bonds is 4. The molecule has 0 spiro atoms. The van der Waals surface area contributed by atoms with Gasteiger partial charge in [-0.2, -0.15) is 0 Å². The van der Waals surface area contributed by atoms with Gasteiger partial charge < -0.3 is 10.2 Å². The second-order valence-corrected chi connectivity index (χ2v) is 6.51. The van der Waals surface area contributed by atoms with Crippen LogP contribution in [0.3, 0.4) is 0 Å². The number of amides is 1. The van der Waals surface area contributed by atoms with Crippen LogP contribution < -0.4 is 5.32 Å². The standard InChI is InChI=1S/C19H21N5O.ClH/c25-18(14-4-1-2-5-14)24-9-6-17-15(10-20-11-16(17)13-24)12-23-19-21-7-3-8-22-19;/h1-3,7-8,10-11,14H,4-6,9,12-13H2,(H,21,22,23);1H. The zero-order valence-electron chi connectivity index (χ0n) is 14.5. The van der Waals surface area contributed by atoms with Gasteiger partial charge >= 0.3 is 0 Å². The molecular weight excluding hydrogens is 350 g/mol. The summed E-state index contributed by atoms with van der Waals surface area (Å²) in [6, 6.07) is 1.79. The third kappa shape index (κ3) is 3.85. The first-order valence-electron chi connectivity index (χ1n) is 8.70. The molecular formula is C19H22ClN5O. The van der Waals surface area contributed by atoms with Crippen LogP contribution in [0.5, 0.6) is 0 Å². The quantitative estimate of drug-likeness (QED) is 0.837. The van der Waals surface area contributed by atoms with Gasteiger partial charge in [-0.3, -0.25) is 9.78 Å². The summed E-state index contributed by atoms with van der Waals surface area (Å²) in [7, 11) is 0. The van der Waals surface area contributed by atoms with Crippen molar-refractivity contribution in [2.75, 3.05) is 11.9 Å². The van der Waals surface area contributed by atoms with Gasteiger partial charge in [-0.25, -0.2) is 9.97 Å². The van der Waals surface area contributed by atoms with E-state index < -0.39 is 0 Å². The lowest BCUT2D eigenvalue weighted by molar-refractivity contribution is -0.136. The van der Waals surface area contributed by atoms with Crippen molar-refractivity contribution >= 4 is 24.3 Å². The Hall–Kier alpha value is -2.47. The highest BCUT2D eigenvalue weighted by molar-refractivity contribution is 5.85. The highest BCUT2D eigenvalue weighted by atomic mass is 35.5. The van der Waals surface area contributed by atoms with E-state index >= 15 is 0 Å². The molecule has 0 fully saturated rings. The van der Waals surface area contributed by atoms with Crippen LogP contribution in [0.4, 0.5) is 5.95 Å². The van der Waals surface area contributed by atoms with Crippen molar-refractivity contribution in [3.8, 4) is 0 Å². The monoisotopic (exact) mass is 371 g/mol. The molecule has 0 radical (unpaired) electrons. The van der Waals surface area contributed by atoms with Crippen LogP contribution in [0.2, 0.25) is 0 Å². The lowest BCUT2D eigenvalue weighted by Crippen LogP contribution is -2.39. The third-order valence-electron chi connectivity index (χ3n) is 4.90. The van der Waals surface area contributed by atoms with E-state index in [9.17, 15) is 4.79 Å². The molecule has 2 aromatic rings. The van der Waals surface area contributed by atoms with Gasteiger partial charge in [0.25, 0.3) is 0 Å². The van der Waals surface area contributed by atoms with Crippen LogP contribution in [-0.4, -0.2) is 32.3 Å². The molecule has 0 aromatic carbocycles. The summed E-state index contributed by atoms with van der Waals surface area (Å²) in [5.74, 6) is 1.02. The molecule has 136 valence electrons. The molecule has 2 aromatic heterocycles. The van der Waals surface area contributed by atoms with Gasteiger partial charge in [0.1, 0.15) is 0 Å². The lowest BCUT2D eigenvalue weighted by atomic mass is 9.95. The summed E-state index contributed by atoms with van der Waals surface area (Å²) in [5, 5.41) is 3.24. The number of carbonyl (C=O) groups is 1. The van der Waals surface area contributed by atoms with Gasteiger partial charge in [-0.15, -0.1) is 12.4 Å². The molecule has 1 aliphatic heterocycles. The molecule has 0 bridgehead atoms. The Morgan fingerprint density at radius 1 is 1.19 bits per heavy atom. The maximum atomic E-state index is 12.6. The number of hydrogen-bond donors (Lipinski definition) is 1. The SMILES string of the molecule is Cl.O=C(C1CC=CC1)N1CCc2c(CNc3ncccn3)cncc2C1. The first-order valence-corrected chi connectivity index (χ1v) is 8.70. The fourth-order valence-electron chi connectivity index (χ4n) is 3.55. The zero-order chi connectivity index (χ0) is 17.1. The minimum Gasteiger partial charge on any atom is -0.350 e. The highest BCUT2D eigenvalue weighted by Crippen LogP contribution is 2.26. The largest absolute Gasteiger partial charge is 0.350 e. The van der Waals surface area contributed by atoms with E-state index in [2.05, 4.69) is 32.4 Å². The first-order chi connectivity index (χ1) is 12.3. The smallest absolute Gasteiger partial charge is 0.226 e. The maximum absolute atomic E-state index is 12.6. The first kappa shape index (κ1) is 18.3. The van der Waals surface area contributed by atoms with E-state index in [-0.39, 0.29) is 24.2 Å². The molecule has 26 heavy (non-hydrogen) atoms. The summed E-state index contributed by atoms with van der Waals surface area (Å²) >= 11 is 0. The minimum atomic E-state index is 0. The summed E-state index contributed by atoms with van der Waals surface area (Å²) < 4.78 is 0. The third-order valence-corrected chi connectivity index (χ3v) is 4.90. The van der Waals surface area contributed by atoms with E-state index in [1.165, 1.54) is 5.56 Å². The van der Waals surface area contributed by atoms with E-state index in [4.69, 9.17) is 0 Å². The number of hydrogen-bond acceptors (Lipinski definition) is 5. The second-order valence-electron chi connectivity index (χ2n) is 6.51. The van der Waals surface area contributed by atoms with Crippen molar-refractivity contribution < 1.29 is 4.79 Å². The average Bonchev–Trinajstić information content (AvgIpc) is 3.21. The van der Waals surface area contributed by atoms with E-state index in [1.54, 1.807) is 18.5 Å². The highest BCUT2D eigenvalue weighted by Gasteiger charge is 2.28. The lowest BCUT2D eigenvalue weighted by Gasteiger charge is -2.31. The Morgan fingerprint density at radius 3 is 2.73 bits per heavy atom. The number of nitrogens with zero attached hydrogens (tertiary/aromatic N) is 4. The van der Waals surface area contributed by atoms with Crippen molar-refractivity contribution in [3.63, 3.8) is 0 Å². The summed E-state index contributed by atoms with van der Waals surface area (Å²) in [5.41, 5.74) is 3.60. The van der Waals surface area contributed by atoms with Gasteiger partial charge in [-0.1, -0.05) is 12.2 Å². The van der Waals surface area contributed by atoms with E-state index in [1.807, 2.05) is 17.3 Å². The normalized spacial score (nSPS) is 16.1. The molecule has 2 aliphatic rings. The number of fused-ring (bicyclic) bond motifs is 1. The molecule has 0 saturated carbocycles. The second kappa shape index (κ2) is 8.27. The number of carbonyl (C=O) groups excluding carboxylic acids is 1. The van der Waals surface area contributed by atoms with Gasteiger partial charge in [0.2, 0.25) is 11.9 Å². The van der Waals surface area contributed by atoms with Crippen LogP contribution >= 0.6 is 12.4 Å². The fraction of sp³-hybridized carbons (Fsp3) is 0.368. The molecule has 4 rings (SSSR count). The molecule has 0 unspecified atom stereocenters. The molecule has 1 amide bonds. The number of pyridine rings is 1. The van der Waals surface area contributed by atoms with E-state index in [0.29, 0.717) is 19.0 Å². The average molecular weight is 372 g/mol. The van der Waals surface area contributed by atoms with Crippen molar-refractivity contribution in [3.05, 3.63) is 59.7 Å². The van der Waals surface area contributed by atoms with Gasteiger partial charge in [0.15, 0.2) is 0 Å². The maximum Gasteiger partial charge on any atom is 0.226 e. The van der Waals surface area contributed by atoms with Crippen molar-refractivity contribution in [1.29, 1.82) is 0 Å².